The Morgan fingerprint density at radius 2 is 1.77 bits per heavy atom. The van der Waals surface area contributed by atoms with Crippen LogP contribution in [0.4, 0.5) is 10.5 Å². The third-order valence-corrected chi connectivity index (χ3v) is 6.11. The van der Waals surface area contributed by atoms with Gasteiger partial charge >= 0.3 is 6.03 Å². The van der Waals surface area contributed by atoms with Gasteiger partial charge in [-0.3, -0.25) is 14.9 Å². The molecule has 0 saturated carbocycles. The third kappa shape index (κ3) is 5.39. The fraction of sp³-hybridized carbons (Fsp3) is 0.115. The zero-order valence-corrected chi connectivity index (χ0v) is 21.1. The number of carbonyl (C=O) groups excluding carboxylic acids is 3. The number of rotatable bonds is 6. The molecule has 9 heteroatoms. The molecule has 1 aliphatic heterocycles. The second-order valence-corrected chi connectivity index (χ2v) is 9.06. The van der Waals surface area contributed by atoms with Crippen molar-refractivity contribution in [2.24, 2.45) is 0 Å². The van der Waals surface area contributed by atoms with Crippen molar-refractivity contribution in [2.75, 3.05) is 12.0 Å². The summed E-state index contributed by atoms with van der Waals surface area (Å²) >= 11 is 9.49. The van der Waals surface area contributed by atoms with Crippen LogP contribution in [0, 0.1) is 6.92 Å². The highest BCUT2D eigenvalue weighted by Crippen LogP contribution is 2.31. The average Bonchev–Trinajstić information content (AvgIpc) is 2.83. The molecule has 4 amide bonds. The van der Waals surface area contributed by atoms with Crippen molar-refractivity contribution < 1.29 is 23.9 Å². The number of carbonyl (C=O) groups is 3. The molecular weight excluding hydrogens is 536 g/mol. The summed E-state index contributed by atoms with van der Waals surface area (Å²) in [6, 6.07) is 16.7. The predicted octanol–water partition coefficient (Wildman–Crippen LogP) is 5.66. The minimum atomic E-state index is -0.844. The summed E-state index contributed by atoms with van der Waals surface area (Å²) in [6.07, 6.45) is 1.40. The summed E-state index contributed by atoms with van der Waals surface area (Å²) in [4.78, 5) is 39.4. The van der Waals surface area contributed by atoms with E-state index in [-0.39, 0.29) is 12.2 Å². The van der Waals surface area contributed by atoms with Crippen molar-refractivity contribution in [3.8, 4) is 11.5 Å². The van der Waals surface area contributed by atoms with E-state index in [4.69, 9.17) is 21.1 Å². The van der Waals surface area contributed by atoms with E-state index in [1.165, 1.54) is 19.3 Å². The van der Waals surface area contributed by atoms with Crippen molar-refractivity contribution in [2.45, 2.75) is 13.5 Å². The lowest BCUT2D eigenvalue weighted by Gasteiger charge is -2.27. The van der Waals surface area contributed by atoms with Crippen LogP contribution in [0.15, 0.2) is 70.7 Å². The number of urea groups is 1. The number of benzene rings is 3. The maximum atomic E-state index is 13.3. The first-order valence-electron chi connectivity index (χ1n) is 10.5. The van der Waals surface area contributed by atoms with Gasteiger partial charge in [-0.05, 0) is 60.5 Å². The van der Waals surface area contributed by atoms with Crippen LogP contribution < -0.4 is 19.7 Å². The van der Waals surface area contributed by atoms with Crippen molar-refractivity contribution in [3.05, 3.63) is 92.4 Å². The van der Waals surface area contributed by atoms with E-state index in [0.29, 0.717) is 33.3 Å². The number of amides is 4. The first-order valence-corrected chi connectivity index (χ1v) is 11.7. The highest BCUT2D eigenvalue weighted by atomic mass is 79.9. The van der Waals surface area contributed by atoms with E-state index in [1.54, 1.807) is 37.3 Å². The van der Waals surface area contributed by atoms with Crippen LogP contribution >= 0.6 is 27.5 Å². The molecule has 4 rings (SSSR count). The molecule has 1 fully saturated rings. The second kappa shape index (κ2) is 10.3. The van der Waals surface area contributed by atoms with Gasteiger partial charge < -0.3 is 9.47 Å². The number of methoxy groups -OCH3 is 1. The van der Waals surface area contributed by atoms with E-state index in [0.717, 1.165) is 14.9 Å². The summed E-state index contributed by atoms with van der Waals surface area (Å²) in [5, 5.41) is 2.58. The van der Waals surface area contributed by atoms with Crippen molar-refractivity contribution in [1.82, 2.24) is 5.32 Å². The molecule has 3 aromatic rings. The molecule has 1 heterocycles. The number of barbiturate groups is 1. The van der Waals surface area contributed by atoms with Crippen LogP contribution in [-0.2, 0) is 16.2 Å². The topological polar surface area (TPSA) is 84.9 Å². The summed E-state index contributed by atoms with van der Waals surface area (Å²) in [7, 11) is 1.53. The number of imide groups is 2. The minimum absolute atomic E-state index is 0.220. The Labute approximate surface area is 215 Å². The highest BCUT2D eigenvalue weighted by Gasteiger charge is 2.37. The molecule has 0 radical (unpaired) electrons. The van der Waals surface area contributed by atoms with Crippen LogP contribution in [0.3, 0.4) is 0 Å². The number of aryl methyl sites for hydroxylation is 1. The fourth-order valence-electron chi connectivity index (χ4n) is 3.48. The van der Waals surface area contributed by atoms with Crippen LogP contribution in [-0.4, -0.2) is 25.0 Å². The lowest BCUT2D eigenvalue weighted by molar-refractivity contribution is -0.122. The second-order valence-electron chi connectivity index (χ2n) is 7.71. The first-order chi connectivity index (χ1) is 16.8. The Hall–Kier alpha value is -3.62. The quantitative estimate of drug-likeness (QED) is 0.313. The van der Waals surface area contributed by atoms with Gasteiger partial charge in [-0.2, -0.15) is 0 Å². The molecule has 1 aliphatic rings. The zero-order valence-electron chi connectivity index (χ0n) is 18.8. The minimum Gasteiger partial charge on any atom is -0.497 e. The van der Waals surface area contributed by atoms with Crippen molar-refractivity contribution >= 4 is 57.1 Å². The molecule has 35 heavy (non-hydrogen) atoms. The molecule has 1 N–H and O–H groups in total. The van der Waals surface area contributed by atoms with Crippen molar-refractivity contribution in [1.29, 1.82) is 0 Å². The van der Waals surface area contributed by atoms with Gasteiger partial charge in [0.05, 0.1) is 12.8 Å². The largest absolute Gasteiger partial charge is 0.497 e. The fourth-order valence-corrected chi connectivity index (χ4v) is 3.91. The highest BCUT2D eigenvalue weighted by molar-refractivity contribution is 9.10. The molecule has 1 saturated heterocycles. The standard InChI is InChI=1S/C26H20BrClN2O5/c1-15-3-9-19(28)12-22(15)30-25(32)21(24(31)29-26(30)33)11-17-6-10-20(34-2)13-23(17)35-14-16-4-7-18(27)8-5-16/h3-13H,14H2,1-2H3,(H,29,31,33)/b21-11+. The Kier molecular flexibility index (Phi) is 7.23. The van der Waals surface area contributed by atoms with Crippen LogP contribution in [0.5, 0.6) is 11.5 Å². The molecule has 0 aromatic heterocycles. The van der Waals surface area contributed by atoms with Gasteiger partial charge in [0.15, 0.2) is 0 Å². The van der Waals surface area contributed by atoms with Crippen molar-refractivity contribution in [3.63, 3.8) is 0 Å². The van der Waals surface area contributed by atoms with Crippen LogP contribution in [0.25, 0.3) is 6.08 Å². The smallest absolute Gasteiger partial charge is 0.335 e. The Morgan fingerprint density at radius 3 is 2.49 bits per heavy atom. The predicted molar refractivity (Wildman–Crippen MR) is 137 cm³/mol. The molecule has 7 nitrogen and oxygen atoms in total. The Bertz CT molecular complexity index is 1350. The lowest BCUT2D eigenvalue weighted by atomic mass is 10.0. The molecule has 178 valence electrons. The Morgan fingerprint density at radius 1 is 1.03 bits per heavy atom. The normalized spacial score (nSPS) is 14.8. The van der Waals surface area contributed by atoms with E-state index >= 15 is 0 Å². The number of nitrogens with zero attached hydrogens (tertiary/aromatic N) is 1. The molecule has 0 aliphatic carbocycles. The van der Waals surface area contributed by atoms with E-state index in [9.17, 15) is 14.4 Å². The number of hydrogen-bond donors (Lipinski definition) is 1. The number of nitrogens with one attached hydrogen (secondary N) is 1. The Balaban J connectivity index is 1.70. The maximum Gasteiger partial charge on any atom is 0.335 e. The molecule has 0 spiro atoms. The number of ether oxygens (including phenoxy) is 2. The lowest BCUT2D eigenvalue weighted by Crippen LogP contribution is -2.54. The summed E-state index contributed by atoms with van der Waals surface area (Å²) in [5.41, 5.74) is 2.12. The van der Waals surface area contributed by atoms with E-state index < -0.39 is 17.8 Å². The summed E-state index contributed by atoms with van der Waals surface area (Å²) in [5.74, 6) is -0.615. The van der Waals surface area contributed by atoms with Crippen LogP contribution in [0.2, 0.25) is 5.02 Å². The number of halogens is 2. The average molecular weight is 556 g/mol. The van der Waals surface area contributed by atoms with E-state index in [2.05, 4.69) is 21.2 Å². The first kappa shape index (κ1) is 24.5. The number of hydrogen-bond acceptors (Lipinski definition) is 5. The zero-order chi connectivity index (χ0) is 25.1. The van der Waals surface area contributed by atoms with Gasteiger partial charge in [-0.15, -0.1) is 0 Å². The molecule has 0 bridgehead atoms. The van der Waals surface area contributed by atoms with Gasteiger partial charge in [-0.25, -0.2) is 9.69 Å². The van der Waals surface area contributed by atoms with Gasteiger partial charge in [-0.1, -0.05) is 45.7 Å². The molecule has 0 atom stereocenters. The van der Waals surface area contributed by atoms with Gasteiger partial charge in [0.1, 0.15) is 23.7 Å². The van der Waals surface area contributed by atoms with Gasteiger partial charge in [0.2, 0.25) is 0 Å². The molecule has 3 aromatic carbocycles. The molecule has 0 unspecified atom stereocenters. The monoisotopic (exact) mass is 554 g/mol. The summed E-state index contributed by atoms with van der Waals surface area (Å²) < 4.78 is 12.3. The number of anilines is 1. The SMILES string of the molecule is COc1ccc(/C=C2\C(=O)NC(=O)N(c3cc(Cl)ccc3C)C2=O)c(OCc2ccc(Br)cc2)c1. The van der Waals surface area contributed by atoms with Gasteiger partial charge in [0, 0.05) is 21.1 Å². The third-order valence-electron chi connectivity index (χ3n) is 5.34. The van der Waals surface area contributed by atoms with Gasteiger partial charge in [0.25, 0.3) is 11.8 Å². The van der Waals surface area contributed by atoms with Crippen LogP contribution in [0.1, 0.15) is 16.7 Å². The maximum absolute atomic E-state index is 13.3. The molecular formula is C26H20BrClN2O5. The summed E-state index contributed by atoms with van der Waals surface area (Å²) in [6.45, 7) is 1.99. The van der Waals surface area contributed by atoms with E-state index in [1.807, 2.05) is 24.3 Å².